The molecule has 0 bridgehead atoms. The number of carbonyl (C=O) groups is 2. The van der Waals surface area contributed by atoms with Crippen LogP contribution in [0.1, 0.15) is 22.5 Å². The summed E-state index contributed by atoms with van der Waals surface area (Å²) in [7, 11) is 0. The molecule has 1 aliphatic heterocycles. The number of likely N-dealkylation sites (tertiary alicyclic amines) is 1. The SMILES string of the molecule is Cc1cc(C(=O)N2CC(CC(=O)O)C2)c2ccccc2n1. The molecule has 0 aliphatic carbocycles. The van der Waals surface area contributed by atoms with Crippen molar-refractivity contribution < 1.29 is 14.7 Å². The molecule has 0 spiro atoms. The van der Waals surface area contributed by atoms with Gasteiger partial charge in [-0.2, -0.15) is 0 Å². The summed E-state index contributed by atoms with van der Waals surface area (Å²) in [6.45, 7) is 2.90. The van der Waals surface area contributed by atoms with E-state index >= 15 is 0 Å². The third-order valence-electron chi connectivity index (χ3n) is 3.78. The fraction of sp³-hybridized carbons (Fsp3) is 0.312. The standard InChI is InChI=1S/C16H16N2O3/c1-10-6-13(12-4-2-3-5-14(12)17-10)16(21)18-8-11(9-18)7-15(19)20/h2-6,11H,7-9H2,1H3,(H,19,20). The smallest absolute Gasteiger partial charge is 0.303 e. The number of nitrogens with zero attached hydrogens (tertiary/aromatic N) is 2. The molecule has 0 radical (unpaired) electrons. The summed E-state index contributed by atoms with van der Waals surface area (Å²) in [5, 5.41) is 9.60. The van der Waals surface area contributed by atoms with E-state index in [1.54, 1.807) is 11.0 Å². The van der Waals surface area contributed by atoms with Gasteiger partial charge in [-0.15, -0.1) is 0 Å². The first-order valence-corrected chi connectivity index (χ1v) is 6.92. The average molecular weight is 284 g/mol. The van der Waals surface area contributed by atoms with Crippen LogP contribution in [0.4, 0.5) is 0 Å². The number of pyridine rings is 1. The number of rotatable bonds is 3. The van der Waals surface area contributed by atoms with Gasteiger partial charge in [0.25, 0.3) is 5.91 Å². The lowest BCUT2D eigenvalue weighted by Gasteiger charge is -2.38. The van der Waals surface area contributed by atoms with Gasteiger partial charge in [0, 0.05) is 30.1 Å². The number of hydrogen-bond donors (Lipinski definition) is 1. The summed E-state index contributed by atoms with van der Waals surface area (Å²) in [4.78, 5) is 29.4. The van der Waals surface area contributed by atoms with Crippen LogP contribution in [-0.2, 0) is 4.79 Å². The zero-order chi connectivity index (χ0) is 15.0. The van der Waals surface area contributed by atoms with E-state index in [4.69, 9.17) is 5.11 Å². The van der Waals surface area contributed by atoms with Crippen LogP contribution in [0.5, 0.6) is 0 Å². The number of hydrogen-bond acceptors (Lipinski definition) is 3. The number of aliphatic carboxylic acids is 1. The van der Waals surface area contributed by atoms with Crippen LogP contribution in [0.2, 0.25) is 0 Å². The Labute approximate surface area is 122 Å². The van der Waals surface area contributed by atoms with Gasteiger partial charge in [0.15, 0.2) is 0 Å². The number of carboxylic acid groups (broad SMARTS) is 1. The molecule has 1 fully saturated rings. The topological polar surface area (TPSA) is 70.5 Å². The highest BCUT2D eigenvalue weighted by atomic mass is 16.4. The van der Waals surface area contributed by atoms with Gasteiger partial charge in [0.2, 0.25) is 0 Å². The second kappa shape index (κ2) is 5.16. The Kier molecular flexibility index (Phi) is 3.33. The lowest BCUT2D eigenvalue weighted by molar-refractivity contribution is -0.139. The molecule has 1 aliphatic rings. The summed E-state index contributed by atoms with van der Waals surface area (Å²) in [6.07, 6.45) is 0.125. The summed E-state index contributed by atoms with van der Waals surface area (Å²) in [5.41, 5.74) is 2.26. The van der Waals surface area contributed by atoms with Gasteiger partial charge in [0.1, 0.15) is 0 Å². The molecular weight excluding hydrogens is 268 g/mol. The third kappa shape index (κ3) is 2.59. The zero-order valence-electron chi connectivity index (χ0n) is 11.7. The van der Waals surface area contributed by atoms with Crippen LogP contribution < -0.4 is 0 Å². The lowest BCUT2D eigenvalue weighted by Crippen LogP contribution is -2.50. The maximum absolute atomic E-state index is 12.6. The van der Waals surface area contributed by atoms with Crippen molar-refractivity contribution in [1.29, 1.82) is 0 Å². The second-order valence-electron chi connectivity index (χ2n) is 5.50. The number of amides is 1. The Morgan fingerprint density at radius 2 is 2.05 bits per heavy atom. The van der Waals surface area contributed by atoms with Crippen molar-refractivity contribution in [2.24, 2.45) is 5.92 Å². The van der Waals surface area contributed by atoms with E-state index < -0.39 is 5.97 Å². The van der Waals surface area contributed by atoms with Crippen molar-refractivity contribution in [2.45, 2.75) is 13.3 Å². The van der Waals surface area contributed by atoms with Gasteiger partial charge in [0.05, 0.1) is 17.5 Å². The van der Waals surface area contributed by atoms with Gasteiger partial charge in [-0.05, 0) is 19.1 Å². The van der Waals surface area contributed by atoms with E-state index in [1.165, 1.54) is 0 Å². The third-order valence-corrected chi connectivity index (χ3v) is 3.78. The van der Waals surface area contributed by atoms with Gasteiger partial charge in [-0.1, -0.05) is 18.2 Å². The molecule has 1 aromatic heterocycles. The molecule has 2 heterocycles. The van der Waals surface area contributed by atoms with Crippen LogP contribution in [0.25, 0.3) is 10.9 Å². The van der Waals surface area contributed by atoms with E-state index in [-0.39, 0.29) is 18.2 Å². The van der Waals surface area contributed by atoms with Gasteiger partial charge in [-0.3, -0.25) is 14.6 Å². The zero-order valence-corrected chi connectivity index (χ0v) is 11.7. The molecule has 1 saturated heterocycles. The predicted molar refractivity (Wildman–Crippen MR) is 78.1 cm³/mol. The largest absolute Gasteiger partial charge is 0.481 e. The molecule has 5 nitrogen and oxygen atoms in total. The molecule has 1 amide bonds. The number of aromatic nitrogens is 1. The highest BCUT2D eigenvalue weighted by Crippen LogP contribution is 2.25. The van der Waals surface area contributed by atoms with Crippen molar-refractivity contribution in [3.8, 4) is 0 Å². The summed E-state index contributed by atoms with van der Waals surface area (Å²) >= 11 is 0. The maximum Gasteiger partial charge on any atom is 0.303 e. The first-order valence-electron chi connectivity index (χ1n) is 6.92. The van der Waals surface area contributed by atoms with E-state index in [1.807, 2.05) is 31.2 Å². The highest BCUT2D eigenvalue weighted by Gasteiger charge is 2.33. The Morgan fingerprint density at radius 3 is 2.76 bits per heavy atom. The number of fused-ring (bicyclic) bond motifs is 1. The number of para-hydroxylation sites is 1. The molecule has 1 aromatic carbocycles. The molecule has 108 valence electrons. The Morgan fingerprint density at radius 1 is 1.33 bits per heavy atom. The minimum absolute atomic E-state index is 0.0432. The summed E-state index contributed by atoms with van der Waals surface area (Å²) < 4.78 is 0. The van der Waals surface area contributed by atoms with E-state index in [2.05, 4.69) is 4.98 Å². The Bertz CT molecular complexity index is 721. The summed E-state index contributed by atoms with van der Waals surface area (Å²) in [6, 6.07) is 9.37. The Balaban J connectivity index is 1.85. The molecule has 0 unspecified atom stereocenters. The monoisotopic (exact) mass is 284 g/mol. The first kappa shape index (κ1) is 13.5. The molecular formula is C16H16N2O3. The Hall–Kier alpha value is -2.43. The van der Waals surface area contributed by atoms with Crippen LogP contribution in [0.3, 0.4) is 0 Å². The molecule has 3 rings (SSSR count). The van der Waals surface area contributed by atoms with E-state index in [0.717, 1.165) is 16.6 Å². The van der Waals surface area contributed by atoms with Crippen molar-refractivity contribution in [3.63, 3.8) is 0 Å². The quantitative estimate of drug-likeness (QED) is 0.937. The van der Waals surface area contributed by atoms with Gasteiger partial charge < -0.3 is 10.0 Å². The van der Waals surface area contributed by atoms with Gasteiger partial charge in [-0.25, -0.2) is 0 Å². The van der Waals surface area contributed by atoms with Crippen molar-refractivity contribution >= 4 is 22.8 Å². The van der Waals surface area contributed by atoms with E-state index in [0.29, 0.717) is 18.7 Å². The van der Waals surface area contributed by atoms with Crippen LogP contribution in [0.15, 0.2) is 30.3 Å². The van der Waals surface area contributed by atoms with Crippen molar-refractivity contribution in [1.82, 2.24) is 9.88 Å². The second-order valence-corrected chi connectivity index (χ2v) is 5.50. The summed E-state index contributed by atoms with van der Waals surface area (Å²) in [5.74, 6) is -0.781. The predicted octanol–water partition coefficient (Wildman–Crippen LogP) is 2.09. The molecule has 2 aromatic rings. The van der Waals surface area contributed by atoms with Gasteiger partial charge >= 0.3 is 5.97 Å². The van der Waals surface area contributed by atoms with Crippen molar-refractivity contribution in [2.75, 3.05) is 13.1 Å². The number of aryl methyl sites for hydroxylation is 1. The van der Waals surface area contributed by atoms with Crippen LogP contribution in [0, 0.1) is 12.8 Å². The first-order chi connectivity index (χ1) is 10.0. The average Bonchev–Trinajstić information content (AvgIpc) is 2.40. The molecule has 5 heteroatoms. The molecule has 21 heavy (non-hydrogen) atoms. The minimum atomic E-state index is -0.808. The minimum Gasteiger partial charge on any atom is -0.481 e. The molecule has 0 saturated carbocycles. The molecule has 1 N–H and O–H groups in total. The fourth-order valence-corrected chi connectivity index (χ4v) is 2.77. The highest BCUT2D eigenvalue weighted by molar-refractivity contribution is 6.06. The lowest BCUT2D eigenvalue weighted by atomic mass is 9.94. The number of benzene rings is 1. The van der Waals surface area contributed by atoms with Crippen LogP contribution >= 0.6 is 0 Å². The number of carboxylic acids is 1. The normalized spacial score (nSPS) is 15.0. The molecule has 0 atom stereocenters. The number of carbonyl (C=O) groups excluding carboxylic acids is 1. The van der Waals surface area contributed by atoms with E-state index in [9.17, 15) is 9.59 Å². The maximum atomic E-state index is 12.6. The van der Waals surface area contributed by atoms with Crippen LogP contribution in [-0.4, -0.2) is 40.0 Å². The van der Waals surface area contributed by atoms with Crippen molar-refractivity contribution in [3.05, 3.63) is 41.6 Å². The fourth-order valence-electron chi connectivity index (χ4n) is 2.77.